The van der Waals surface area contributed by atoms with E-state index in [0.717, 1.165) is 26.7 Å². The maximum Gasteiger partial charge on any atom is 0.176 e. The van der Waals surface area contributed by atoms with Gasteiger partial charge in [-0.3, -0.25) is 4.98 Å². The molecule has 4 nitrogen and oxygen atoms in total. The molecule has 0 aliphatic rings. The molecule has 3 aromatic rings. The second-order valence-electron chi connectivity index (χ2n) is 4.47. The monoisotopic (exact) mass is 329 g/mol. The average molecular weight is 330 g/mol. The Bertz CT molecular complexity index is 753. The van der Waals surface area contributed by atoms with Gasteiger partial charge in [0.05, 0.1) is 5.56 Å². The average Bonchev–Trinajstić information content (AvgIpc) is 2.85. The number of halogens is 1. The number of benzene rings is 1. The molecule has 1 aromatic carbocycles. The molecule has 5 heteroatoms. The highest BCUT2D eigenvalue weighted by Crippen LogP contribution is 2.37. The smallest absolute Gasteiger partial charge is 0.176 e. The van der Waals surface area contributed by atoms with Crippen LogP contribution in [-0.4, -0.2) is 10.1 Å². The molecule has 0 amide bonds. The van der Waals surface area contributed by atoms with Crippen molar-refractivity contribution in [3.8, 4) is 22.5 Å². The molecule has 0 unspecified atom stereocenters. The molecule has 0 bridgehead atoms. The molecule has 2 aromatic heterocycles. The second-order valence-corrected chi connectivity index (χ2v) is 5.33. The molecular formula is C15H12BrN3O. The first-order valence-electron chi connectivity index (χ1n) is 6.09. The van der Waals surface area contributed by atoms with Gasteiger partial charge in [0, 0.05) is 22.4 Å². The molecule has 100 valence electrons. The van der Waals surface area contributed by atoms with Crippen molar-refractivity contribution in [1.82, 2.24) is 10.1 Å². The number of hydrogen-bond donors (Lipinski definition) is 1. The van der Waals surface area contributed by atoms with Gasteiger partial charge >= 0.3 is 0 Å². The van der Waals surface area contributed by atoms with Gasteiger partial charge in [0.2, 0.25) is 0 Å². The summed E-state index contributed by atoms with van der Waals surface area (Å²) in [4.78, 5) is 4.02. The third-order valence-corrected chi connectivity index (χ3v) is 4.00. The highest BCUT2D eigenvalue weighted by molar-refractivity contribution is 9.10. The summed E-state index contributed by atoms with van der Waals surface area (Å²) in [6, 6.07) is 9.77. The fraction of sp³-hybridized carbons (Fsp3) is 0.0667. The molecule has 2 N–H and O–H groups in total. The lowest BCUT2D eigenvalue weighted by molar-refractivity contribution is 0.436. The lowest BCUT2D eigenvalue weighted by Crippen LogP contribution is -1.89. The number of nitrogens with zero attached hydrogens (tertiary/aromatic N) is 2. The van der Waals surface area contributed by atoms with Gasteiger partial charge in [-0.15, -0.1) is 0 Å². The minimum atomic E-state index is 0.381. The van der Waals surface area contributed by atoms with Gasteiger partial charge in [0.1, 0.15) is 0 Å². The van der Waals surface area contributed by atoms with Crippen molar-refractivity contribution >= 4 is 21.7 Å². The van der Waals surface area contributed by atoms with Crippen molar-refractivity contribution in [2.45, 2.75) is 6.92 Å². The molecule has 0 atom stereocenters. The van der Waals surface area contributed by atoms with E-state index in [1.54, 1.807) is 12.4 Å². The fourth-order valence-electron chi connectivity index (χ4n) is 2.08. The predicted octanol–water partition coefficient (Wildman–Crippen LogP) is 4.06. The molecule has 20 heavy (non-hydrogen) atoms. The molecule has 0 aliphatic carbocycles. The van der Waals surface area contributed by atoms with E-state index in [9.17, 15) is 0 Å². The van der Waals surface area contributed by atoms with Crippen LogP contribution in [0.2, 0.25) is 0 Å². The zero-order valence-corrected chi connectivity index (χ0v) is 12.4. The van der Waals surface area contributed by atoms with Crippen LogP contribution in [0.25, 0.3) is 22.5 Å². The van der Waals surface area contributed by atoms with Gasteiger partial charge in [-0.05, 0) is 48.4 Å². The summed E-state index contributed by atoms with van der Waals surface area (Å²) in [5.74, 6) is 1.05. The Kier molecular flexibility index (Phi) is 3.28. The number of aryl methyl sites for hydroxylation is 1. The Morgan fingerprint density at radius 1 is 1.10 bits per heavy atom. The number of nitrogen functional groups attached to an aromatic ring is 1. The van der Waals surface area contributed by atoms with E-state index in [4.69, 9.17) is 10.3 Å². The molecule has 0 fully saturated rings. The quantitative estimate of drug-likeness (QED) is 0.770. The van der Waals surface area contributed by atoms with Crippen LogP contribution in [0.4, 0.5) is 5.82 Å². The van der Waals surface area contributed by atoms with Crippen molar-refractivity contribution in [3.05, 3.63) is 52.8 Å². The summed E-state index contributed by atoms with van der Waals surface area (Å²) in [5.41, 5.74) is 9.75. The summed E-state index contributed by atoms with van der Waals surface area (Å²) in [5, 5.41) is 3.89. The summed E-state index contributed by atoms with van der Waals surface area (Å²) in [7, 11) is 0. The van der Waals surface area contributed by atoms with E-state index in [0.29, 0.717) is 11.6 Å². The summed E-state index contributed by atoms with van der Waals surface area (Å²) >= 11 is 3.49. The summed E-state index contributed by atoms with van der Waals surface area (Å²) in [6.45, 7) is 2.03. The van der Waals surface area contributed by atoms with Crippen molar-refractivity contribution in [3.63, 3.8) is 0 Å². The van der Waals surface area contributed by atoms with E-state index >= 15 is 0 Å². The summed E-state index contributed by atoms with van der Waals surface area (Å²) < 4.78 is 6.47. The summed E-state index contributed by atoms with van der Waals surface area (Å²) in [6.07, 6.45) is 3.44. The van der Waals surface area contributed by atoms with Gasteiger partial charge in [0.25, 0.3) is 0 Å². The van der Waals surface area contributed by atoms with Crippen molar-refractivity contribution in [2.24, 2.45) is 0 Å². The van der Waals surface area contributed by atoms with Crippen LogP contribution in [0.15, 0.2) is 51.7 Å². The van der Waals surface area contributed by atoms with E-state index in [-0.39, 0.29) is 0 Å². The van der Waals surface area contributed by atoms with Crippen molar-refractivity contribution in [2.75, 3.05) is 5.73 Å². The second kappa shape index (κ2) is 5.09. The first-order chi connectivity index (χ1) is 9.66. The molecule has 0 aliphatic heterocycles. The first-order valence-corrected chi connectivity index (χ1v) is 6.88. The van der Waals surface area contributed by atoms with Gasteiger partial charge in [-0.2, -0.15) is 0 Å². The van der Waals surface area contributed by atoms with Crippen LogP contribution in [0, 0.1) is 6.92 Å². The Balaban J connectivity index is 2.18. The maximum atomic E-state index is 5.94. The highest BCUT2D eigenvalue weighted by atomic mass is 79.9. The fourth-order valence-corrected chi connectivity index (χ4v) is 2.33. The largest absolute Gasteiger partial charge is 0.380 e. The molecule has 0 spiro atoms. The van der Waals surface area contributed by atoms with Crippen molar-refractivity contribution < 1.29 is 4.52 Å². The lowest BCUT2D eigenvalue weighted by atomic mass is 10.0. The third kappa shape index (κ3) is 2.20. The van der Waals surface area contributed by atoms with E-state index < -0.39 is 0 Å². The van der Waals surface area contributed by atoms with E-state index in [1.165, 1.54) is 0 Å². The third-order valence-electron chi connectivity index (χ3n) is 3.11. The number of pyridine rings is 1. The van der Waals surface area contributed by atoms with Crippen molar-refractivity contribution in [1.29, 1.82) is 0 Å². The van der Waals surface area contributed by atoms with Gasteiger partial charge in [-0.1, -0.05) is 21.1 Å². The predicted molar refractivity (Wildman–Crippen MR) is 82.0 cm³/mol. The van der Waals surface area contributed by atoms with Crippen LogP contribution in [0.5, 0.6) is 0 Å². The lowest BCUT2D eigenvalue weighted by Gasteiger charge is -2.04. The Hall–Kier alpha value is -2.14. The molecule has 0 saturated carbocycles. The Morgan fingerprint density at radius 2 is 1.85 bits per heavy atom. The van der Waals surface area contributed by atoms with Gasteiger partial charge in [-0.25, -0.2) is 0 Å². The minimum absolute atomic E-state index is 0.381. The van der Waals surface area contributed by atoms with Crippen LogP contribution in [-0.2, 0) is 0 Å². The highest BCUT2D eigenvalue weighted by Gasteiger charge is 2.17. The maximum absolute atomic E-state index is 5.94. The van der Waals surface area contributed by atoms with Gasteiger partial charge in [0.15, 0.2) is 11.6 Å². The number of nitrogens with two attached hydrogens (primary N) is 1. The van der Waals surface area contributed by atoms with Crippen LogP contribution >= 0.6 is 15.9 Å². The van der Waals surface area contributed by atoms with E-state index in [1.807, 2.05) is 37.3 Å². The van der Waals surface area contributed by atoms with Crippen LogP contribution < -0.4 is 5.73 Å². The topological polar surface area (TPSA) is 64.9 Å². The molecular weight excluding hydrogens is 318 g/mol. The molecule has 0 radical (unpaired) electrons. The van der Waals surface area contributed by atoms with Crippen LogP contribution in [0.1, 0.15) is 5.56 Å². The molecule has 2 heterocycles. The van der Waals surface area contributed by atoms with Crippen LogP contribution in [0.3, 0.4) is 0 Å². The van der Waals surface area contributed by atoms with E-state index in [2.05, 4.69) is 26.1 Å². The number of anilines is 1. The standard InChI is InChI=1S/C15H12BrN3O/c1-9-8-11(2-3-12(9)16)14-13(15(17)19-20-14)10-4-6-18-7-5-10/h2-8H,1H3,(H2,17,19). The normalized spacial score (nSPS) is 10.7. The molecule has 0 saturated heterocycles. The number of hydrogen-bond acceptors (Lipinski definition) is 4. The first kappa shape index (κ1) is 12.9. The zero-order chi connectivity index (χ0) is 14.1. The number of rotatable bonds is 2. The zero-order valence-electron chi connectivity index (χ0n) is 10.8. The number of aromatic nitrogens is 2. The minimum Gasteiger partial charge on any atom is -0.380 e. The SMILES string of the molecule is Cc1cc(-c2onc(N)c2-c2ccncc2)ccc1Br. The molecule has 3 rings (SSSR count). The Labute approximate surface area is 124 Å². The van der Waals surface area contributed by atoms with Gasteiger partial charge < -0.3 is 10.3 Å². The Morgan fingerprint density at radius 3 is 2.55 bits per heavy atom.